The third-order valence-electron chi connectivity index (χ3n) is 5.62. The third-order valence-corrected chi connectivity index (χ3v) is 7.51. The van der Waals surface area contributed by atoms with E-state index in [2.05, 4.69) is 5.32 Å². The van der Waals surface area contributed by atoms with Crippen LogP contribution in [0.4, 0.5) is 5.69 Å². The molecule has 1 amide bonds. The molecule has 1 N–H and O–H groups in total. The third kappa shape index (κ3) is 5.02. The molecule has 1 heterocycles. The van der Waals surface area contributed by atoms with Crippen molar-refractivity contribution >= 4 is 21.6 Å². The predicted octanol–water partition coefficient (Wildman–Crippen LogP) is 3.89. The van der Waals surface area contributed by atoms with Crippen LogP contribution in [-0.4, -0.2) is 44.9 Å². The Morgan fingerprint density at radius 1 is 1.13 bits per heavy atom. The largest absolute Gasteiger partial charge is 0.495 e. The van der Waals surface area contributed by atoms with Crippen LogP contribution in [0.15, 0.2) is 41.3 Å². The molecule has 0 radical (unpaired) electrons. The van der Waals surface area contributed by atoms with E-state index in [-0.39, 0.29) is 10.8 Å². The van der Waals surface area contributed by atoms with Gasteiger partial charge in [-0.1, -0.05) is 19.1 Å². The lowest BCUT2D eigenvalue weighted by molar-refractivity contribution is -0.122. The molecule has 168 valence electrons. The summed E-state index contributed by atoms with van der Waals surface area (Å²) in [7, 11) is -2.14. The molecule has 3 rings (SSSR count). The number of aryl methyl sites for hydroxylation is 1. The quantitative estimate of drug-likeness (QED) is 0.665. The van der Waals surface area contributed by atoms with Gasteiger partial charge in [-0.05, 0) is 68.5 Å². The molecule has 1 aliphatic rings. The molecule has 1 aliphatic heterocycles. The molecule has 0 aliphatic carbocycles. The highest BCUT2D eigenvalue weighted by Gasteiger charge is 2.28. The number of benzene rings is 2. The Kier molecular flexibility index (Phi) is 7.23. The van der Waals surface area contributed by atoms with Gasteiger partial charge in [0.2, 0.25) is 10.0 Å². The minimum absolute atomic E-state index is 0.133. The van der Waals surface area contributed by atoms with E-state index in [4.69, 9.17) is 9.47 Å². The van der Waals surface area contributed by atoms with Gasteiger partial charge >= 0.3 is 0 Å². The number of hydrogen-bond donors (Lipinski definition) is 1. The van der Waals surface area contributed by atoms with E-state index in [1.165, 1.54) is 23.5 Å². The second-order valence-corrected chi connectivity index (χ2v) is 9.61. The highest BCUT2D eigenvalue weighted by Crippen LogP contribution is 2.31. The summed E-state index contributed by atoms with van der Waals surface area (Å²) in [6.07, 6.45) is 1.43. The molecule has 7 nitrogen and oxygen atoms in total. The second kappa shape index (κ2) is 9.70. The number of sulfonamides is 1. The van der Waals surface area contributed by atoms with Crippen molar-refractivity contribution in [3.63, 3.8) is 0 Å². The maximum atomic E-state index is 13.0. The maximum absolute atomic E-state index is 13.0. The van der Waals surface area contributed by atoms with Crippen molar-refractivity contribution < 1.29 is 22.7 Å². The fraction of sp³-hybridized carbons (Fsp3) is 0.435. The van der Waals surface area contributed by atoms with Gasteiger partial charge in [-0.3, -0.25) is 4.79 Å². The number of carbonyl (C=O) groups excluding carboxylic acids is 1. The standard InChI is InChI=1S/C23H30N2O5S/c1-5-20(30-21-10-8-9-16(2)17(21)3)23(26)24-19-15-18(11-12-22(19)29-4)31(27,28)25-13-6-7-14-25/h8-12,15,20H,5-7,13-14H2,1-4H3,(H,24,26)/t20-/m1/s1. The first-order valence-corrected chi connectivity index (χ1v) is 11.9. The SMILES string of the molecule is CC[C@@H](Oc1cccc(C)c1C)C(=O)Nc1cc(S(=O)(=O)N2CCCC2)ccc1OC. The van der Waals surface area contributed by atoms with Gasteiger partial charge in [-0.25, -0.2) is 8.42 Å². The van der Waals surface area contributed by atoms with E-state index >= 15 is 0 Å². The first-order chi connectivity index (χ1) is 14.8. The fourth-order valence-corrected chi connectivity index (χ4v) is 5.11. The first-order valence-electron chi connectivity index (χ1n) is 10.5. The summed E-state index contributed by atoms with van der Waals surface area (Å²) in [5.74, 6) is 0.673. The maximum Gasteiger partial charge on any atom is 0.265 e. The average Bonchev–Trinajstić information content (AvgIpc) is 3.30. The number of nitrogens with one attached hydrogen (secondary N) is 1. The number of rotatable bonds is 8. The molecule has 1 saturated heterocycles. The lowest BCUT2D eigenvalue weighted by Gasteiger charge is -2.21. The van der Waals surface area contributed by atoms with Crippen LogP contribution in [0.2, 0.25) is 0 Å². The lowest BCUT2D eigenvalue weighted by atomic mass is 10.1. The normalized spacial score (nSPS) is 15.5. The molecule has 0 spiro atoms. The van der Waals surface area contributed by atoms with E-state index in [9.17, 15) is 13.2 Å². The van der Waals surface area contributed by atoms with Crippen molar-refractivity contribution in [2.24, 2.45) is 0 Å². The van der Waals surface area contributed by atoms with Crippen LogP contribution in [0.25, 0.3) is 0 Å². The topological polar surface area (TPSA) is 84.9 Å². The molecule has 1 atom stereocenters. The van der Waals surface area contributed by atoms with Crippen molar-refractivity contribution in [3.8, 4) is 11.5 Å². The minimum atomic E-state index is -3.61. The monoisotopic (exact) mass is 446 g/mol. The Morgan fingerprint density at radius 2 is 1.84 bits per heavy atom. The average molecular weight is 447 g/mol. The molecule has 0 aromatic heterocycles. The summed E-state index contributed by atoms with van der Waals surface area (Å²) in [6.45, 7) is 6.82. The van der Waals surface area contributed by atoms with Crippen LogP contribution in [0, 0.1) is 13.8 Å². The van der Waals surface area contributed by atoms with Crippen molar-refractivity contribution in [1.29, 1.82) is 0 Å². The summed E-state index contributed by atoms with van der Waals surface area (Å²) in [5.41, 5.74) is 2.36. The van der Waals surface area contributed by atoms with Gasteiger partial charge in [0.25, 0.3) is 5.91 Å². The number of anilines is 1. The molecule has 0 bridgehead atoms. The molecule has 0 unspecified atom stereocenters. The van der Waals surface area contributed by atoms with Gasteiger partial charge in [0.1, 0.15) is 11.5 Å². The van der Waals surface area contributed by atoms with Gasteiger partial charge in [-0.2, -0.15) is 4.31 Å². The van der Waals surface area contributed by atoms with E-state index in [0.717, 1.165) is 24.0 Å². The molecule has 31 heavy (non-hydrogen) atoms. The highest BCUT2D eigenvalue weighted by atomic mass is 32.2. The summed E-state index contributed by atoms with van der Waals surface area (Å²) in [4.78, 5) is 13.1. The summed E-state index contributed by atoms with van der Waals surface area (Å²) < 4.78 is 38.6. The Labute approximate surface area is 184 Å². The fourth-order valence-electron chi connectivity index (χ4n) is 3.56. The van der Waals surface area contributed by atoms with Gasteiger partial charge in [0.05, 0.1) is 17.7 Å². The van der Waals surface area contributed by atoms with Crippen molar-refractivity contribution in [1.82, 2.24) is 4.31 Å². The summed E-state index contributed by atoms with van der Waals surface area (Å²) in [5, 5.41) is 2.80. The molecule has 2 aromatic carbocycles. The summed E-state index contributed by atoms with van der Waals surface area (Å²) >= 11 is 0. The smallest absolute Gasteiger partial charge is 0.265 e. The van der Waals surface area contributed by atoms with Crippen LogP contribution in [-0.2, 0) is 14.8 Å². The zero-order valence-electron chi connectivity index (χ0n) is 18.5. The predicted molar refractivity (Wildman–Crippen MR) is 120 cm³/mol. The van der Waals surface area contributed by atoms with E-state index < -0.39 is 16.1 Å². The van der Waals surface area contributed by atoms with Gasteiger partial charge in [-0.15, -0.1) is 0 Å². The second-order valence-electron chi connectivity index (χ2n) is 7.68. The zero-order valence-corrected chi connectivity index (χ0v) is 19.3. The van der Waals surface area contributed by atoms with E-state index in [1.54, 1.807) is 6.07 Å². The van der Waals surface area contributed by atoms with Crippen LogP contribution >= 0.6 is 0 Å². The zero-order chi connectivity index (χ0) is 22.6. The van der Waals surface area contributed by atoms with Crippen LogP contribution in [0.1, 0.15) is 37.3 Å². The number of hydrogen-bond acceptors (Lipinski definition) is 5. The number of amides is 1. The molecular weight excluding hydrogens is 416 g/mol. The molecule has 1 fully saturated rings. The number of carbonyl (C=O) groups is 1. The number of nitrogens with zero attached hydrogens (tertiary/aromatic N) is 1. The minimum Gasteiger partial charge on any atom is -0.495 e. The van der Waals surface area contributed by atoms with Gasteiger partial charge < -0.3 is 14.8 Å². The van der Waals surface area contributed by atoms with Crippen molar-refractivity contribution in [3.05, 3.63) is 47.5 Å². The number of methoxy groups -OCH3 is 1. The number of ether oxygens (including phenoxy) is 2. The highest BCUT2D eigenvalue weighted by molar-refractivity contribution is 7.89. The van der Waals surface area contributed by atoms with Crippen LogP contribution in [0.5, 0.6) is 11.5 Å². The molecule has 0 saturated carbocycles. The van der Waals surface area contributed by atoms with Crippen LogP contribution in [0.3, 0.4) is 0 Å². The molecular formula is C23H30N2O5S. The Balaban J connectivity index is 1.84. The van der Waals surface area contributed by atoms with E-state index in [1.807, 2.05) is 39.0 Å². The van der Waals surface area contributed by atoms with Crippen molar-refractivity contribution in [2.75, 3.05) is 25.5 Å². The van der Waals surface area contributed by atoms with E-state index in [0.29, 0.717) is 36.7 Å². The molecule has 2 aromatic rings. The van der Waals surface area contributed by atoms with Crippen LogP contribution < -0.4 is 14.8 Å². The van der Waals surface area contributed by atoms with Gasteiger partial charge in [0, 0.05) is 13.1 Å². The first kappa shape index (κ1) is 23.1. The Morgan fingerprint density at radius 3 is 2.48 bits per heavy atom. The lowest BCUT2D eigenvalue weighted by Crippen LogP contribution is -2.33. The summed E-state index contributed by atoms with van der Waals surface area (Å²) in [6, 6.07) is 10.2. The van der Waals surface area contributed by atoms with Gasteiger partial charge in [0.15, 0.2) is 6.10 Å². The Bertz CT molecular complexity index is 1050. The molecule has 8 heteroatoms. The van der Waals surface area contributed by atoms with Crippen molar-refractivity contribution in [2.45, 2.75) is 51.0 Å². The Hall–Kier alpha value is -2.58.